The third-order valence-electron chi connectivity index (χ3n) is 2.61. The fourth-order valence-corrected chi connectivity index (χ4v) is 3.73. The third-order valence-corrected chi connectivity index (χ3v) is 4.84. The molecule has 0 amide bonds. The van der Waals surface area contributed by atoms with E-state index in [1.807, 2.05) is 0 Å². The van der Waals surface area contributed by atoms with E-state index in [0.29, 0.717) is 0 Å². The van der Waals surface area contributed by atoms with Gasteiger partial charge in [0, 0.05) is 0 Å². The van der Waals surface area contributed by atoms with E-state index in [2.05, 4.69) is 6.92 Å². The van der Waals surface area contributed by atoms with Crippen LogP contribution in [0.5, 0.6) is 0 Å². The predicted molar refractivity (Wildman–Crippen MR) is 74.3 cm³/mol. The largest absolute Gasteiger partial charge is 0.286 e. The highest BCUT2D eigenvalue weighted by molar-refractivity contribution is 7.90. The lowest BCUT2D eigenvalue weighted by Gasteiger charge is -2.09. The van der Waals surface area contributed by atoms with Gasteiger partial charge in [0.05, 0.1) is 5.75 Å². The molecule has 0 aromatic rings. The second kappa shape index (κ2) is 8.68. The summed E-state index contributed by atoms with van der Waals surface area (Å²) in [6.45, 7) is 2.10. The van der Waals surface area contributed by atoms with Crippen molar-refractivity contribution < 1.29 is 25.9 Å². The standard InChI is InChI=1S/C11H22O6S2/c1-2-3-4-5-6-7-8-9-11(19(15,16)17)10-18(12,13)14/h7-8,11H,2-6,9-10H2,1H3,(H,12,13,14)(H,15,16,17)/b8-7+. The highest BCUT2D eigenvalue weighted by atomic mass is 32.2. The third kappa shape index (κ3) is 11.1. The Hall–Kier alpha value is -0.440. The first-order valence-corrected chi connectivity index (χ1v) is 9.34. The van der Waals surface area contributed by atoms with Crippen LogP contribution in [-0.2, 0) is 20.2 Å². The summed E-state index contributed by atoms with van der Waals surface area (Å²) < 4.78 is 60.7. The summed E-state index contributed by atoms with van der Waals surface area (Å²) in [5.41, 5.74) is 0. The van der Waals surface area contributed by atoms with Gasteiger partial charge in [0.2, 0.25) is 0 Å². The molecule has 0 aliphatic carbocycles. The molecule has 0 aromatic carbocycles. The van der Waals surface area contributed by atoms with Crippen LogP contribution in [0.2, 0.25) is 0 Å². The lowest BCUT2D eigenvalue weighted by Crippen LogP contribution is -2.28. The van der Waals surface area contributed by atoms with Crippen molar-refractivity contribution in [2.24, 2.45) is 0 Å². The summed E-state index contributed by atoms with van der Waals surface area (Å²) in [6.07, 6.45) is 8.28. The van der Waals surface area contributed by atoms with Crippen molar-refractivity contribution in [3.05, 3.63) is 12.2 Å². The van der Waals surface area contributed by atoms with Crippen molar-refractivity contribution in [1.29, 1.82) is 0 Å². The molecule has 0 saturated heterocycles. The van der Waals surface area contributed by atoms with Gasteiger partial charge >= 0.3 is 0 Å². The van der Waals surface area contributed by atoms with Gasteiger partial charge in [0.25, 0.3) is 20.2 Å². The molecule has 0 aromatic heterocycles. The van der Waals surface area contributed by atoms with Crippen LogP contribution in [0.1, 0.15) is 45.4 Å². The maximum atomic E-state index is 11.0. The number of unbranched alkanes of at least 4 members (excludes halogenated alkanes) is 4. The lowest BCUT2D eigenvalue weighted by atomic mass is 10.1. The molecule has 0 radical (unpaired) electrons. The molecule has 0 saturated carbocycles. The van der Waals surface area contributed by atoms with Gasteiger partial charge in [-0.1, -0.05) is 38.3 Å². The predicted octanol–water partition coefficient (Wildman–Crippen LogP) is 2.05. The molecular weight excluding hydrogens is 292 g/mol. The molecule has 19 heavy (non-hydrogen) atoms. The highest BCUT2D eigenvalue weighted by Crippen LogP contribution is 2.10. The second-order valence-corrected chi connectivity index (χ2v) is 7.64. The molecule has 1 atom stereocenters. The molecule has 0 rings (SSSR count). The molecule has 8 heteroatoms. The van der Waals surface area contributed by atoms with Gasteiger partial charge in [-0.25, -0.2) is 0 Å². The normalized spacial score (nSPS) is 14.9. The van der Waals surface area contributed by atoms with Crippen LogP contribution >= 0.6 is 0 Å². The van der Waals surface area contributed by atoms with Crippen molar-refractivity contribution >= 4 is 20.2 Å². The van der Waals surface area contributed by atoms with Crippen LogP contribution < -0.4 is 0 Å². The molecule has 0 spiro atoms. The molecule has 1 unspecified atom stereocenters. The molecule has 0 heterocycles. The quantitative estimate of drug-likeness (QED) is 0.363. The fourth-order valence-electron chi connectivity index (χ4n) is 1.57. The van der Waals surface area contributed by atoms with Crippen molar-refractivity contribution in [2.45, 2.75) is 50.7 Å². The van der Waals surface area contributed by atoms with E-state index in [4.69, 9.17) is 9.11 Å². The van der Waals surface area contributed by atoms with Crippen molar-refractivity contribution in [2.75, 3.05) is 5.75 Å². The number of hydrogen-bond donors (Lipinski definition) is 2. The maximum absolute atomic E-state index is 11.0. The molecule has 114 valence electrons. The first-order chi connectivity index (χ1) is 8.67. The zero-order valence-corrected chi connectivity index (χ0v) is 12.7. The van der Waals surface area contributed by atoms with Crippen LogP contribution in [0, 0.1) is 0 Å². The summed E-state index contributed by atoms with van der Waals surface area (Å²) in [6, 6.07) is 0. The Labute approximate surface area is 115 Å². The second-order valence-electron chi connectivity index (χ2n) is 4.44. The Morgan fingerprint density at radius 2 is 1.63 bits per heavy atom. The zero-order valence-electron chi connectivity index (χ0n) is 11.0. The van der Waals surface area contributed by atoms with Gasteiger partial charge < -0.3 is 0 Å². The summed E-state index contributed by atoms with van der Waals surface area (Å²) in [7, 11) is -8.92. The van der Waals surface area contributed by atoms with E-state index in [1.165, 1.54) is 6.08 Å². The van der Waals surface area contributed by atoms with Crippen molar-refractivity contribution in [3.63, 3.8) is 0 Å². The molecule has 0 fully saturated rings. The Morgan fingerprint density at radius 1 is 1.00 bits per heavy atom. The molecule has 6 nitrogen and oxygen atoms in total. The van der Waals surface area contributed by atoms with E-state index in [9.17, 15) is 16.8 Å². The van der Waals surface area contributed by atoms with Gasteiger partial charge in [0.15, 0.2) is 0 Å². The van der Waals surface area contributed by atoms with E-state index in [0.717, 1.165) is 32.1 Å². The van der Waals surface area contributed by atoms with Crippen LogP contribution in [0.15, 0.2) is 12.2 Å². The molecule has 0 aliphatic heterocycles. The summed E-state index contributed by atoms with van der Waals surface area (Å²) in [5.74, 6) is -0.994. The van der Waals surface area contributed by atoms with E-state index >= 15 is 0 Å². The Balaban J connectivity index is 4.25. The van der Waals surface area contributed by atoms with Crippen molar-refractivity contribution in [1.82, 2.24) is 0 Å². The monoisotopic (exact) mass is 314 g/mol. The number of rotatable bonds is 10. The summed E-state index contributed by atoms with van der Waals surface area (Å²) >= 11 is 0. The van der Waals surface area contributed by atoms with Gasteiger partial charge in [-0.2, -0.15) is 16.8 Å². The van der Waals surface area contributed by atoms with E-state index < -0.39 is 31.2 Å². The minimum Gasteiger partial charge on any atom is -0.286 e. The first-order valence-electron chi connectivity index (χ1n) is 6.23. The molecule has 0 aliphatic rings. The summed E-state index contributed by atoms with van der Waals surface area (Å²) in [5, 5.41) is -1.52. The first kappa shape index (κ1) is 18.6. The lowest BCUT2D eigenvalue weighted by molar-refractivity contribution is 0.457. The fraction of sp³-hybridized carbons (Fsp3) is 0.818. The Bertz CT molecular complexity index is 463. The highest BCUT2D eigenvalue weighted by Gasteiger charge is 2.27. The van der Waals surface area contributed by atoms with E-state index in [1.54, 1.807) is 6.08 Å². The van der Waals surface area contributed by atoms with Crippen LogP contribution in [-0.4, -0.2) is 36.9 Å². The average molecular weight is 314 g/mol. The van der Waals surface area contributed by atoms with Crippen LogP contribution in [0.4, 0.5) is 0 Å². The van der Waals surface area contributed by atoms with E-state index in [-0.39, 0.29) is 6.42 Å². The molecule has 0 bridgehead atoms. The number of hydrogen-bond acceptors (Lipinski definition) is 4. The summed E-state index contributed by atoms with van der Waals surface area (Å²) in [4.78, 5) is 0. The van der Waals surface area contributed by atoms with Crippen LogP contribution in [0.25, 0.3) is 0 Å². The molecular formula is C11H22O6S2. The average Bonchev–Trinajstić information content (AvgIpc) is 2.23. The Kier molecular flexibility index (Phi) is 8.47. The SMILES string of the molecule is CCCCCC/C=C/CC(CS(=O)(=O)O)S(=O)(=O)O. The van der Waals surface area contributed by atoms with Crippen molar-refractivity contribution in [3.8, 4) is 0 Å². The smallest absolute Gasteiger partial charge is 0.269 e. The van der Waals surface area contributed by atoms with Crippen LogP contribution in [0.3, 0.4) is 0 Å². The zero-order chi connectivity index (χ0) is 14.9. The minimum absolute atomic E-state index is 0.133. The van der Waals surface area contributed by atoms with Gasteiger partial charge in [-0.3, -0.25) is 9.11 Å². The van der Waals surface area contributed by atoms with Gasteiger partial charge in [-0.15, -0.1) is 0 Å². The van der Waals surface area contributed by atoms with Gasteiger partial charge in [-0.05, 0) is 19.3 Å². The Morgan fingerprint density at radius 3 is 2.11 bits per heavy atom. The van der Waals surface area contributed by atoms with Gasteiger partial charge in [0.1, 0.15) is 5.25 Å². The maximum Gasteiger partial charge on any atom is 0.269 e. The topological polar surface area (TPSA) is 109 Å². The minimum atomic E-state index is -4.49. The number of allylic oxidation sites excluding steroid dienone is 2. The molecule has 2 N–H and O–H groups in total.